The molecule has 2 aromatic rings. The number of methoxy groups -OCH3 is 1. The number of nitrogens with two attached hydrogens (primary N) is 1. The lowest BCUT2D eigenvalue weighted by molar-refractivity contribution is -0.155. The molecule has 69 heavy (non-hydrogen) atoms. The number of alkyl halides is 6. The third-order valence-electron chi connectivity index (χ3n) is 11.6. The first-order valence-corrected chi connectivity index (χ1v) is 24.7. The molecule has 4 amide bonds. The fourth-order valence-corrected chi connectivity index (χ4v) is 9.89. The number of hydrogen-bond donors (Lipinski definition) is 4. The minimum atomic E-state index is -5.02. The van der Waals surface area contributed by atoms with Crippen LogP contribution in [-0.2, 0) is 48.1 Å². The summed E-state index contributed by atoms with van der Waals surface area (Å²) in [5.41, 5.74) is -7.17. The van der Waals surface area contributed by atoms with Gasteiger partial charge in [0.15, 0.2) is 0 Å². The van der Waals surface area contributed by atoms with Gasteiger partial charge in [0.25, 0.3) is 5.91 Å². The molecule has 5 N–H and O–H groups in total. The standard InChI is InChI=1S/C37H50F3N5O10S.C5H8F3NO3S/c1-9-22-18-36(22,31(48)44-56(50,51)55-35(13-14-35)20-37(38,39)40)43-28(46)26-17-24(53-29-25-11-10-23(52-8)16-21(25)12-15-41-29)19-45(26)30(47)27(33(2,3)4)42-32(49)54-34(5,6)7;6-5(7,8)3-4(1-2-4)12-13(9,10)11/h10-12,15-16,22,24,26-27H,9,13-14,17-20H2,1-8H3,(H,42,49)(H,43,46)(H,44,48);1-3H2,(H2,9,10,11)/t22-,24-,26+,27-,36-;/m1./s1. The Balaban J connectivity index is 0.000000590. The van der Waals surface area contributed by atoms with Crippen LogP contribution >= 0.6 is 0 Å². The predicted octanol–water partition coefficient (Wildman–Crippen LogP) is 5.37. The van der Waals surface area contributed by atoms with Gasteiger partial charge >= 0.3 is 39.1 Å². The lowest BCUT2D eigenvalue weighted by atomic mass is 9.85. The van der Waals surface area contributed by atoms with Crippen molar-refractivity contribution in [3.05, 3.63) is 30.5 Å². The molecular formula is C42H58F6N6O13S2. The van der Waals surface area contributed by atoms with Gasteiger partial charge in [-0.3, -0.25) is 18.6 Å². The third-order valence-corrected chi connectivity index (χ3v) is 13.2. The van der Waals surface area contributed by atoms with Crippen molar-refractivity contribution in [2.45, 2.75) is 159 Å². The van der Waals surface area contributed by atoms with Gasteiger partial charge < -0.3 is 29.7 Å². The zero-order valence-corrected chi connectivity index (χ0v) is 40.8. The van der Waals surface area contributed by atoms with Gasteiger partial charge in [0, 0.05) is 18.0 Å². The molecule has 2 heterocycles. The second-order valence-corrected chi connectivity index (χ2v) is 22.3. The van der Waals surface area contributed by atoms with E-state index >= 15 is 0 Å². The molecule has 1 saturated heterocycles. The van der Waals surface area contributed by atoms with E-state index in [-0.39, 0.29) is 50.9 Å². The molecule has 1 aromatic carbocycles. The van der Waals surface area contributed by atoms with Crippen LogP contribution in [0.1, 0.15) is 106 Å². The molecule has 27 heteroatoms. The van der Waals surface area contributed by atoms with Crippen LogP contribution in [0, 0.1) is 11.3 Å². The fraction of sp³-hybridized carbons (Fsp3) is 0.690. The van der Waals surface area contributed by atoms with E-state index in [1.54, 1.807) is 77.5 Å². The van der Waals surface area contributed by atoms with Crippen LogP contribution in [0.4, 0.5) is 31.1 Å². The molecule has 0 bridgehead atoms. The maximum absolute atomic E-state index is 14.5. The molecule has 5 atom stereocenters. The summed E-state index contributed by atoms with van der Waals surface area (Å²) in [5, 5.41) is 11.2. The number of benzene rings is 1. The highest BCUT2D eigenvalue weighted by molar-refractivity contribution is 7.85. The van der Waals surface area contributed by atoms with Gasteiger partial charge in [-0.25, -0.2) is 23.8 Å². The van der Waals surface area contributed by atoms with E-state index in [1.165, 1.54) is 18.2 Å². The summed E-state index contributed by atoms with van der Waals surface area (Å²) >= 11 is 0. The van der Waals surface area contributed by atoms with Crippen LogP contribution in [0.15, 0.2) is 30.5 Å². The van der Waals surface area contributed by atoms with Crippen molar-refractivity contribution in [3.63, 3.8) is 0 Å². The number of aromatic nitrogens is 1. The summed E-state index contributed by atoms with van der Waals surface area (Å²) in [4.78, 5) is 61.0. The number of fused-ring (bicyclic) bond motifs is 1. The maximum Gasteiger partial charge on any atom is 0.408 e. The predicted molar refractivity (Wildman–Crippen MR) is 232 cm³/mol. The number of ether oxygens (including phenoxy) is 3. The van der Waals surface area contributed by atoms with Gasteiger partial charge in [-0.05, 0) is 93.9 Å². The Morgan fingerprint density at radius 1 is 0.899 bits per heavy atom. The zero-order chi connectivity index (χ0) is 52.0. The van der Waals surface area contributed by atoms with E-state index in [0.29, 0.717) is 17.6 Å². The Labute approximate surface area is 395 Å². The average Bonchev–Trinajstić information content (AvgIpc) is 4.14. The molecule has 388 valence electrons. The Bertz CT molecular complexity index is 2490. The summed E-state index contributed by atoms with van der Waals surface area (Å²) in [5.74, 6) is -2.37. The van der Waals surface area contributed by atoms with Crippen LogP contribution in [0.3, 0.4) is 0 Å². The third kappa shape index (κ3) is 15.4. The highest BCUT2D eigenvalue weighted by Gasteiger charge is 2.63. The average molecular weight is 1030 g/mol. The summed E-state index contributed by atoms with van der Waals surface area (Å²) < 4.78 is 149. The molecule has 19 nitrogen and oxygen atoms in total. The van der Waals surface area contributed by atoms with Gasteiger partial charge in [-0.1, -0.05) is 34.1 Å². The second kappa shape index (κ2) is 19.5. The summed E-state index contributed by atoms with van der Waals surface area (Å²) in [7, 11) is -7.78. The summed E-state index contributed by atoms with van der Waals surface area (Å²) in [6.07, 6.45) is -12.0. The Kier molecular flexibility index (Phi) is 15.6. The van der Waals surface area contributed by atoms with Crippen molar-refractivity contribution in [1.82, 2.24) is 25.2 Å². The number of nitrogens with one attached hydrogen (secondary N) is 3. The number of pyridine rings is 1. The molecule has 3 saturated carbocycles. The first-order valence-electron chi connectivity index (χ1n) is 21.8. The van der Waals surface area contributed by atoms with Crippen LogP contribution in [0.2, 0.25) is 0 Å². The number of carbonyl (C=O) groups is 4. The number of carbonyl (C=O) groups excluding carboxylic acids is 4. The molecule has 1 aliphatic heterocycles. The van der Waals surface area contributed by atoms with Crippen LogP contribution in [0.5, 0.6) is 11.6 Å². The first kappa shape index (κ1) is 55.2. The number of nitrogens with zero attached hydrogens (tertiary/aromatic N) is 2. The highest BCUT2D eigenvalue weighted by atomic mass is 32.2. The normalized spacial score (nSPS) is 23.4. The molecule has 6 rings (SSSR count). The number of hydrogen-bond acceptors (Lipinski definition) is 14. The van der Waals surface area contributed by atoms with Gasteiger partial charge in [-0.15, -0.1) is 0 Å². The molecule has 4 aliphatic rings. The van der Waals surface area contributed by atoms with Crippen molar-refractivity contribution >= 4 is 55.2 Å². The second-order valence-electron chi connectivity index (χ2n) is 19.9. The summed E-state index contributed by atoms with van der Waals surface area (Å²) in [6, 6.07) is 4.54. The van der Waals surface area contributed by atoms with Crippen LogP contribution < -0.4 is 30.0 Å². The lowest BCUT2D eigenvalue weighted by Crippen LogP contribution is -2.60. The number of alkyl carbamates (subject to hydrolysis) is 1. The van der Waals surface area contributed by atoms with E-state index in [1.807, 2.05) is 0 Å². The highest BCUT2D eigenvalue weighted by Crippen LogP contribution is 2.50. The fourth-order valence-electron chi connectivity index (χ4n) is 8.03. The van der Waals surface area contributed by atoms with Crippen molar-refractivity contribution < 1.29 is 84.9 Å². The van der Waals surface area contributed by atoms with Crippen molar-refractivity contribution in [3.8, 4) is 11.6 Å². The largest absolute Gasteiger partial charge is 0.497 e. The number of rotatable bonds is 16. The van der Waals surface area contributed by atoms with Gasteiger partial charge in [0.1, 0.15) is 35.1 Å². The SMILES string of the molecule is CC[C@@H]1C[C@]1(NC(=O)[C@@H]1C[C@@H](Oc2nccc3cc(OC)ccc23)CN1C(=O)[C@@H](NC(=O)OC(C)(C)C)C(C)(C)C)C(=O)NS(=O)(=O)OC1(CC(F)(F)F)CC1.NS(=O)(=O)OC1(CC(F)(F)F)CC1. The molecule has 4 fully saturated rings. The Morgan fingerprint density at radius 3 is 1.96 bits per heavy atom. The number of likely N-dealkylation sites (tertiary alicyclic amines) is 1. The van der Waals surface area contributed by atoms with E-state index in [4.69, 9.17) is 18.4 Å². The van der Waals surface area contributed by atoms with Crippen LogP contribution in [-0.4, -0.2) is 117 Å². The van der Waals surface area contributed by atoms with E-state index in [2.05, 4.69) is 24.9 Å². The Morgan fingerprint density at radius 2 is 1.48 bits per heavy atom. The first-order chi connectivity index (χ1) is 31.4. The Hall–Kier alpha value is -4.73. The quantitative estimate of drug-likeness (QED) is 0.154. The minimum Gasteiger partial charge on any atom is -0.497 e. The number of amides is 4. The van der Waals surface area contributed by atoms with E-state index < -0.39 is 121 Å². The van der Waals surface area contributed by atoms with E-state index in [0.717, 1.165) is 5.39 Å². The van der Waals surface area contributed by atoms with Gasteiger partial charge in [0.05, 0.1) is 37.7 Å². The number of halogens is 6. The van der Waals surface area contributed by atoms with Crippen molar-refractivity contribution in [2.75, 3.05) is 13.7 Å². The maximum atomic E-state index is 14.5. The molecule has 3 aliphatic carbocycles. The lowest BCUT2D eigenvalue weighted by Gasteiger charge is -2.36. The molecule has 0 unspecified atom stereocenters. The monoisotopic (exact) mass is 1030 g/mol. The van der Waals surface area contributed by atoms with Crippen molar-refractivity contribution in [1.29, 1.82) is 0 Å². The molecular weight excluding hydrogens is 975 g/mol. The topological polar surface area (TPSA) is 261 Å². The molecule has 0 radical (unpaired) electrons. The minimum absolute atomic E-state index is 0.0130. The molecule has 1 aromatic heterocycles. The van der Waals surface area contributed by atoms with Crippen LogP contribution in [0.25, 0.3) is 10.8 Å². The smallest absolute Gasteiger partial charge is 0.408 e. The summed E-state index contributed by atoms with van der Waals surface area (Å²) in [6.45, 7) is 11.7. The molecule has 0 spiro atoms. The van der Waals surface area contributed by atoms with Gasteiger partial charge in [0.2, 0.25) is 17.7 Å². The van der Waals surface area contributed by atoms with Gasteiger partial charge in [-0.2, -0.15) is 43.2 Å². The van der Waals surface area contributed by atoms with E-state index in [9.17, 15) is 62.4 Å². The zero-order valence-electron chi connectivity index (χ0n) is 39.1. The van der Waals surface area contributed by atoms with Crippen molar-refractivity contribution in [2.24, 2.45) is 16.5 Å².